The lowest BCUT2D eigenvalue weighted by Gasteiger charge is -2.32. The molecule has 1 aliphatic heterocycles. The number of nitrogens with one attached hydrogen (secondary N) is 1. The van der Waals surface area contributed by atoms with Crippen LogP contribution in [0.25, 0.3) is 0 Å². The van der Waals surface area contributed by atoms with Crippen LogP contribution in [0.4, 0.5) is 5.82 Å². The van der Waals surface area contributed by atoms with E-state index in [0.29, 0.717) is 12.5 Å². The van der Waals surface area contributed by atoms with Crippen LogP contribution in [0.15, 0.2) is 23.7 Å². The van der Waals surface area contributed by atoms with Crippen molar-refractivity contribution in [3.05, 3.63) is 34.4 Å². The van der Waals surface area contributed by atoms with Gasteiger partial charge < -0.3 is 10.2 Å². The molecule has 0 radical (unpaired) electrons. The van der Waals surface area contributed by atoms with Crippen LogP contribution in [0, 0.1) is 0 Å². The second-order valence-electron chi connectivity index (χ2n) is 5.67. The molecular formula is C16H21N5OS. The number of carbonyl (C=O) groups is 1. The molecule has 1 saturated heterocycles. The molecule has 1 N–H and O–H groups in total. The third kappa shape index (κ3) is 4.25. The Morgan fingerprint density at radius 2 is 2.26 bits per heavy atom. The molecule has 23 heavy (non-hydrogen) atoms. The Morgan fingerprint density at radius 3 is 2.91 bits per heavy atom. The average Bonchev–Trinajstić information content (AvgIpc) is 3.04. The summed E-state index contributed by atoms with van der Waals surface area (Å²) in [6.07, 6.45) is 4.87. The van der Waals surface area contributed by atoms with Gasteiger partial charge in [-0.3, -0.25) is 4.79 Å². The van der Waals surface area contributed by atoms with E-state index in [2.05, 4.69) is 27.4 Å². The Hall–Kier alpha value is -2.02. The third-order valence-electron chi connectivity index (χ3n) is 4.01. The lowest BCUT2D eigenvalue weighted by atomic mass is 10.0. The number of piperidine rings is 1. The molecule has 0 aliphatic carbocycles. The summed E-state index contributed by atoms with van der Waals surface area (Å²) in [6.45, 7) is 3.64. The SMILES string of the molecule is CCc1nc(CC(=O)N2CCC(Nc3cccnn3)CC2)cs1. The first-order chi connectivity index (χ1) is 11.2. The summed E-state index contributed by atoms with van der Waals surface area (Å²) in [5, 5.41) is 14.4. The summed E-state index contributed by atoms with van der Waals surface area (Å²) < 4.78 is 0. The molecule has 0 atom stereocenters. The zero-order valence-electron chi connectivity index (χ0n) is 13.2. The number of anilines is 1. The van der Waals surface area contributed by atoms with Crippen LogP contribution in [-0.4, -0.2) is 45.1 Å². The van der Waals surface area contributed by atoms with Crippen molar-refractivity contribution in [2.24, 2.45) is 0 Å². The summed E-state index contributed by atoms with van der Waals surface area (Å²) >= 11 is 1.64. The number of hydrogen-bond donors (Lipinski definition) is 1. The highest BCUT2D eigenvalue weighted by atomic mass is 32.1. The van der Waals surface area contributed by atoms with Gasteiger partial charge in [-0.25, -0.2) is 4.98 Å². The Balaban J connectivity index is 1.47. The summed E-state index contributed by atoms with van der Waals surface area (Å²) in [5.74, 6) is 0.975. The summed E-state index contributed by atoms with van der Waals surface area (Å²) in [5.41, 5.74) is 0.900. The van der Waals surface area contributed by atoms with Crippen molar-refractivity contribution in [1.82, 2.24) is 20.1 Å². The van der Waals surface area contributed by atoms with Crippen molar-refractivity contribution in [2.45, 2.75) is 38.6 Å². The van der Waals surface area contributed by atoms with Gasteiger partial charge in [-0.2, -0.15) is 5.10 Å². The Bertz CT molecular complexity index is 637. The maximum atomic E-state index is 12.4. The van der Waals surface area contributed by atoms with Gasteiger partial charge in [0.15, 0.2) is 0 Å². The second kappa shape index (κ2) is 7.50. The first-order valence-electron chi connectivity index (χ1n) is 8.00. The number of aryl methyl sites for hydroxylation is 1. The molecule has 2 aromatic rings. The van der Waals surface area contributed by atoms with Gasteiger partial charge in [0, 0.05) is 30.7 Å². The van der Waals surface area contributed by atoms with Gasteiger partial charge in [0.05, 0.1) is 17.1 Å². The minimum Gasteiger partial charge on any atom is -0.366 e. The van der Waals surface area contributed by atoms with Crippen molar-refractivity contribution >= 4 is 23.1 Å². The second-order valence-corrected chi connectivity index (χ2v) is 6.61. The Kier molecular flexibility index (Phi) is 5.17. The van der Waals surface area contributed by atoms with Crippen LogP contribution < -0.4 is 5.32 Å². The zero-order valence-corrected chi connectivity index (χ0v) is 14.1. The topological polar surface area (TPSA) is 71.0 Å². The van der Waals surface area contributed by atoms with Crippen molar-refractivity contribution in [1.29, 1.82) is 0 Å². The predicted octanol–water partition coefficient (Wildman–Crippen LogP) is 2.14. The van der Waals surface area contributed by atoms with Gasteiger partial charge in [0.25, 0.3) is 0 Å². The minimum atomic E-state index is 0.177. The summed E-state index contributed by atoms with van der Waals surface area (Å²) in [6, 6.07) is 4.13. The first kappa shape index (κ1) is 15.9. The lowest BCUT2D eigenvalue weighted by Crippen LogP contribution is -2.43. The van der Waals surface area contributed by atoms with Crippen molar-refractivity contribution in [2.75, 3.05) is 18.4 Å². The molecule has 0 unspecified atom stereocenters. The molecule has 0 saturated carbocycles. The Labute approximate surface area is 140 Å². The fourth-order valence-electron chi connectivity index (χ4n) is 2.72. The van der Waals surface area contributed by atoms with E-state index in [4.69, 9.17) is 0 Å². The maximum absolute atomic E-state index is 12.4. The standard InChI is InChI=1S/C16H21N5OS/c1-2-15-19-13(11-23-15)10-16(22)21-8-5-12(6-9-21)18-14-4-3-7-17-20-14/h3-4,7,11-12H,2,5-6,8-10H2,1H3,(H,18,20). The van der Waals surface area contributed by atoms with Crippen LogP contribution in [0.2, 0.25) is 0 Å². The van der Waals surface area contributed by atoms with Crippen LogP contribution in [-0.2, 0) is 17.6 Å². The lowest BCUT2D eigenvalue weighted by molar-refractivity contribution is -0.131. The molecule has 0 bridgehead atoms. The van der Waals surface area contributed by atoms with E-state index in [9.17, 15) is 4.79 Å². The fourth-order valence-corrected chi connectivity index (χ4v) is 3.46. The fraction of sp³-hybridized carbons (Fsp3) is 0.500. The molecule has 6 nitrogen and oxygen atoms in total. The van der Waals surface area contributed by atoms with Gasteiger partial charge in [-0.15, -0.1) is 16.4 Å². The molecule has 3 rings (SSSR count). The van der Waals surface area contributed by atoms with Gasteiger partial charge in [-0.1, -0.05) is 6.92 Å². The van der Waals surface area contributed by atoms with E-state index in [-0.39, 0.29) is 5.91 Å². The van der Waals surface area contributed by atoms with Crippen LogP contribution in [0.1, 0.15) is 30.5 Å². The first-order valence-corrected chi connectivity index (χ1v) is 8.88. The molecular weight excluding hydrogens is 310 g/mol. The van der Waals surface area contributed by atoms with Crippen molar-refractivity contribution in [3.8, 4) is 0 Å². The number of thiazole rings is 1. The minimum absolute atomic E-state index is 0.177. The smallest absolute Gasteiger partial charge is 0.228 e. The van der Waals surface area contributed by atoms with Gasteiger partial charge in [0.1, 0.15) is 5.82 Å². The van der Waals surface area contributed by atoms with E-state index in [1.807, 2.05) is 22.4 Å². The number of amides is 1. The maximum Gasteiger partial charge on any atom is 0.228 e. The third-order valence-corrected chi connectivity index (χ3v) is 5.05. The highest BCUT2D eigenvalue weighted by Gasteiger charge is 2.23. The van der Waals surface area contributed by atoms with Gasteiger partial charge in [0.2, 0.25) is 5.91 Å². The quantitative estimate of drug-likeness (QED) is 0.909. The van der Waals surface area contributed by atoms with E-state index in [0.717, 1.165) is 48.9 Å². The van der Waals surface area contributed by atoms with E-state index >= 15 is 0 Å². The van der Waals surface area contributed by atoms with Crippen LogP contribution in [0.3, 0.4) is 0 Å². The number of carbonyl (C=O) groups excluding carboxylic acids is 1. The Morgan fingerprint density at radius 1 is 1.43 bits per heavy atom. The summed E-state index contributed by atoms with van der Waals surface area (Å²) in [7, 11) is 0. The van der Waals surface area contributed by atoms with Crippen molar-refractivity contribution in [3.63, 3.8) is 0 Å². The number of rotatable bonds is 5. The largest absolute Gasteiger partial charge is 0.366 e. The van der Waals surface area contributed by atoms with E-state index in [1.165, 1.54) is 0 Å². The van der Waals surface area contributed by atoms with Gasteiger partial charge in [-0.05, 0) is 31.4 Å². The van der Waals surface area contributed by atoms with Gasteiger partial charge >= 0.3 is 0 Å². The van der Waals surface area contributed by atoms with Crippen molar-refractivity contribution < 1.29 is 4.79 Å². The molecule has 0 aromatic carbocycles. The molecule has 7 heteroatoms. The zero-order chi connectivity index (χ0) is 16.1. The number of hydrogen-bond acceptors (Lipinski definition) is 6. The average molecular weight is 331 g/mol. The molecule has 3 heterocycles. The number of nitrogens with zero attached hydrogens (tertiary/aromatic N) is 4. The molecule has 1 fully saturated rings. The monoisotopic (exact) mass is 331 g/mol. The van der Waals surface area contributed by atoms with E-state index in [1.54, 1.807) is 17.5 Å². The number of likely N-dealkylation sites (tertiary alicyclic amines) is 1. The molecule has 1 amide bonds. The van der Waals surface area contributed by atoms with Crippen LogP contribution >= 0.6 is 11.3 Å². The predicted molar refractivity (Wildman–Crippen MR) is 90.5 cm³/mol. The highest BCUT2D eigenvalue weighted by Crippen LogP contribution is 2.17. The molecule has 0 spiro atoms. The van der Waals surface area contributed by atoms with E-state index < -0.39 is 0 Å². The molecule has 2 aromatic heterocycles. The molecule has 122 valence electrons. The molecule has 1 aliphatic rings. The van der Waals surface area contributed by atoms with Crippen LogP contribution in [0.5, 0.6) is 0 Å². The normalized spacial score (nSPS) is 15.6. The highest BCUT2D eigenvalue weighted by molar-refractivity contribution is 7.09. The number of aromatic nitrogens is 3. The summed E-state index contributed by atoms with van der Waals surface area (Å²) in [4.78, 5) is 18.8.